The van der Waals surface area contributed by atoms with Gasteiger partial charge in [-0.15, -0.1) is 0 Å². The summed E-state index contributed by atoms with van der Waals surface area (Å²) in [6, 6.07) is 0. The molecule has 0 saturated carbocycles. The van der Waals surface area contributed by atoms with Crippen molar-refractivity contribution in [3.8, 4) is 0 Å². The lowest BCUT2D eigenvalue weighted by molar-refractivity contribution is -0.142. The Morgan fingerprint density at radius 2 is 1.88 bits per heavy atom. The van der Waals surface area contributed by atoms with E-state index in [9.17, 15) is 4.79 Å². The van der Waals surface area contributed by atoms with E-state index in [1.807, 2.05) is 0 Å². The summed E-state index contributed by atoms with van der Waals surface area (Å²) in [5, 5.41) is 0.122. The standard InChI is InChI=1S/C11H25NO3Si/c1-11(2,3)16(5,6)15-9(8-12)7-10(13)14-4/h9H,7-8,12H2,1-6H3/t9-/m1/s1. The second kappa shape index (κ2) is 5.79. The minimum atomic E-state index is -1.86. The summed E-state index contributed by atoms with van der Waals surface area (Å²) in [6.07, 6.45) is 0.00724. The number of methoxy groups -OCH3 is 1. The highest BCUT2D eigenvalue weighted by atomic mass is 28.4. The smallest absolute Gasteiger partial charge is 0.308 e. The van der Waals surface area contributed by atoms with Gasteiger partial charge in [-0.1, -0.05) is 20.8 Å². The van der Waals surface area contributed by atoms with Crippen molar-refractivity contribution in [1.29, 1.82) is 0 Å². The Morgan fingerprint density at radius 1 is 1.38 bits per heavy atom. The first-order valence-electron chi connectivity index (χ1n) is 5.58. The SMILES string of the molecule is COC(=O)C[C@H](CN)O[Si](C)(C)C(C)(C)C. The number of hydrogen-bond acceptors (Lipinski definition) is 4. The van der Waals surface area contributed by atoms with Crippen LogP contribution >= 0.6 is 0 Å². The van der Waals surface area contributed by atoms with Gasteiger partial charge in [0.2, 0.25) is 0 Å². The van der Waals surface area contributed by atoms with E-state index in [2.05, 4.69) is 38.6 Å². The second-order valence-corrected chi connectivity index (χ2v) is 10.3. The Bertz CT molecular complexity index is 236. The summed E-state index contributed by atoms with van der Waals surface area (Å²) >= 11 is 0. The Hall–Kier alpha value is -0.393. The molecule has 4 nitrogen and oxygen atoms in total. The van der Waals surface area contributed by atoms with Crippen LogP contribution < -0.4 is 5.73 Å². The zero-order chi connectivity index (χ0) is 13.0. The van der Waals surface area contributed by atoms with Gasteiger partial charge in [0, 0.05) is 6.54 Å². The number of hydrogen-bond donors (Lipinski definition) is 1. The van der Waals surface area contributed by atoms with E-state index in [4.69, 9.17) is 10.2 Å². The highest BCUT2D eigenvalue weighted by molar-refractivity contribution is 6.74. The summed E-state index contributed by atoms with van der Waals surface area (Å²) < 4.78 is 10.7. The van der Waals surface area contributed by atoms with Gasteiger partial charge in [-0.25, -0.2) is 0 Å². The number of rotatable bonds is 5. The van der Waals surface area contributed by atoms with Crippen LogP contribution in [0.15, 0.2) is 0 Å². The molecule has 0 aromatic carbocycles. The molecule has 0 rings (SSSR count). The van der Waals surface area contributed by atoms with Gasteiger partial charge in [-0.05, 0) is 18.1 Å². The van der Waals surface area contributed by atoms with Crippen LogP contribution in [0.25, 0.3) is 0 Å². The summed E-state index contributed by atoms with van der Waals surface area (Å²) in [4.78, 5) is 11.2. The topological polar surface area (TPSA) is 61.5 Å². The molecule has 0 bridgehead atoms. The van der Waals surface area contributed by atoms with Crippen LogP contribution in [0.5, 0.6) is 0 Å². The lowest BCUT2D eigenvalue weighted by Crippen LogP contribution is -2.46. The predicted octanol–water partition coefficient (Wildman–Crippen LogP) is 1.90. The maximum atomic E-state index is 11.2. The maximum absolute atomic E-state index is 11.2. The van der Waals surface area contributed by atoms with Gasteiger partial charge >= 0.3 is 5.97 Å². The molecule has 0 aliphatic rings. The second-order valence-electron chi connectivity index (χ2n) is 5.52. The van der Waals surface area contributed by atoms with E-state index in [0.29, 0.717) is 6.54 Å². The van der Waals surface area contributed by atoms with E-state index >= 15 is 0 Å². The van der Waals surface area contributed by atoms with Crippen LogP contribution in [0, 0.1) is 0 Å². The number of nitrogens with two attached hydrogens (primary N) is 1. The number of esters is 1. The van der Waals surface area contributed by atoms with Gasteiger partial charge in [-0.3, -0.25) is 4.79 Å². The first-order valence-corrected chi connectivity index (χ1v) is 8.49. The van der Waals surface area contributed by atoms with Gasteiger partial charge in [0.05, 0.1) is 19.6 Å². The maximum Gasteiger partial charge on any atom is 0.308 e. The Labute approximate surface area is 99.6 Å². The van der Waals surface area contributed by atoms with Crippen LogP contribution in [-0.4, -0.2) is 34.0 Å². The van der Waals surface area contributed by atoms with Crippen molar-refractivity contribution in [2.75, 3.05) is 13.7 Å². The minimum Gasteiger partial charge on any atom is -0.469 e. The van der Waals surface area contributed by atoms with Crippen LogP contribution in [0.2, 0.25) is 18.1 Å². The monoisotopic (exact) mass is 247 g/mol. The van der Waals surface area contributed by atoms with Crippen molar-refractivity contribution in [2.45, 2.75) is 51.4 Å². The van der Waals surface area contributed by atoms with Crippen molar-refractivity contribution < 1.29 is 14.0 Å². The molecule has 0 fully saturated rings. The van der Waals surface area contributed by atoms with Gasteiger partial charge in [0.15, 0.2) is 8.32 Å². The highest BCUT2D eigenvalue weighted by Gasteiger charge is 2.39. The molecule has 5 heteroatoms. The molecule has 0 aliphatic carbocycles. The molecule has 96 valence electrons. The van der Waals surface area contributed by atoms with E-state index in [-0.39, 0.29) is 23.5 Å². The molecular weight excluding hydrogens is 222 g/mol. The molecule has 0 aromatic rings. The minimum absolute atomic E-state index is 0.122. The first kappa shape index (κ1) is 15.6. The fourth-order valence-corrected chi connectivity index (χ4v) is 2.40. The number of ether oxygens (including phenoxy) is 1. The molecule has 0 aliphatic heterocycles. The molecule has 0 saturated heterocycles. The summed E-state index contributed by atoms with van der Waals surface area (Å²) in [5.74, 6) is -0.269. The van der Waals surface area contributed by atoms with Gasteiger partial charge < -0.3 is 14.9 Å². The van der Waals surface area contributed by atoms with Crippen molar-refractivity contribution in [3.05, 3.63) is 0 Å². The van der Waals surface area contributed by atoms with E-state index < -0.39 is 8.32 Å². The fraction of sp³-hybridized carbons (Fsp3) is 0.909. The van der Waals surface area contributed by atoms with E-state index in [0.717, 1.165) is 0 Å². The summed E-state index contributed by atoms with van der Waals surface area (Å²) in [7, 11) is -0.479. The van der Waals surface area contributed by atoms with Gasteiger partial charge in [0.25, 0.3) is 0 Å². The lowest BCUT2D eigenvalue weighted by atomic mass is 10.2. The third-order valence-electron chi connectivity index (χ3n) is 3.15. The van der Waals surface area contributed by atoms with Crippen molar-refractivity contribution in [1.82, 2.24) is 0 Å². The van der Waals surface area contributed by atoms with Crippen LogP contribution in [0.3, 0.4) is 0 Å². The molecule has 0 unspecified atom stereocenters. The van der Waals surface area contributed by atoms with Gasteiger partial charge in [0.1, 0.15) is 0 Å². The molecule has 16 heavy (non-hydrogen) atoms. The van der Waals surface area contributed by atoms with E-state index in [1.54, 1.807) is 0 Å². The Kier molecular flexibility index (Phi) is 5.65. The lowest BCUT2D eigenvalue weighted by Gasteiger charge is -2.38. The quantitative estimate of drug-likeness (QED) is 0.595. The molecule has 0 radical (unpaired) electrons. The van der Waals surface area contributed by atoms with Crippen LogP contribution in [0.1, 0.15) is 27.2 Å². The molecular formula is C11H25NO3Si. The molecule has 0 heterocycles. The van der Waals surface area contributed by atoms with Crippen molar-refractivity contribution >= 4 is 14.3 Å². The number of carbonyl (C=O) groups is 1. The summed E-state index contributed by atoms with van der Waals surface area (Å²) in [6.45, 7) is 11.1. The first-order chi connectivity index (χ1) is 7.14. The molecule has 2 N–H and O–H groups in total. The molecule has 0 spiro atoms. The zero-order valence-electron chi connectivity index (χ0n) is 11.3. The largest absolute Gasteiger partial charge is 0.469 e. The van der Waals surface area contributed by atoms with Gasteiger partial charge in [-0.2, -0.15) is 0 Å². The Morgan fingerprint density at radius 3 is 2.19 bits per heavy atom. The van der Waals surface area contributed by atoms with Crippen LogP contribution in [0.4, 0.5) is 0 Å². The number of carbonyl (C=O) groups excluding carboxylic acids is 1. The third kappa shape index (κ3) is 4.63. The van der Waals surface area contributed by atoms with Crippen molar-refractivity contribution in [3.63, 3.8) is 0 Å². The fourth-order valence-electron chi connectivity index (χ4n) is 1.04. The molecule has 0 aromatic heterocycles. The highest BCUT2D eigenvalue weighted by Crippen LogP contribution is 2.37. The summed E-state index contributed by atoms with van der Waals surface area (Å²) in [5.41, 5.74) is 5.62. The van der Waals surface area contributed by atoms with E-state index in [1.165, 1.54) is 7.11 Å². The predicted molar refractivity (Wildman–Crippen MR) is 67.8 cm³/mol. The third-order valence-corrected chi connectivity index (χ3v) is 7.69. The average Bonchev–Trinajstić information content (AvgIpc) is 2.14. The molecule has 0 amide bonds. The zero-order valence-corrected chi connectivity index (χ0v) is 12.3. The average molecular weight is 247 g/mol. The van der Waals surface area contributed by atoms with Crippen LogP contribution in [-0.2, 0) is 14.0 Å². The van der Waals surface area contributed by atoms with Crippen molar-refractivity contribution in [2.24, 2.45) is 5.73 Å². The Balaban J connectivity index is 4.48. The molecule has 1 atom stereocenters. The normalized spacial score (nSPS) is 14.7.